The third-order valence-electron chi connectivity index (χ3n) is 1.10. The number of hydrogen-bond acceptors (Lipinski definition) is 2. The highest BCUT2D eigenvalue weighted by molar-refractivity contribution is 5.67. The molecule has 1 aliphatic rings. The Kier molecular flexibility index (Phi) is 1.67. The first-order valence-corrected chi connectivity index (χ1v) is 2.85. The van der Waals surface area contributed by atoms with Crippen molar-refractivity contribution in [1.29, 1.82) is 5.41 Å². The Balaban J connectivity index is 2.01. The summed E-state index contributed by atoms with van der Waals surface area (Å²) in [4.78, 5) is 0. The highest BCUT2D eigenvalue weighted by Crippen LogP contribution is 2.17. The van der Waals surface area contributed by atoms with Crippen LogP contribution < -0.4 is 5.32 Å². The van der Waals surface area contributed by atoms with E-state index in [2.05, 4.69) is 5.32 Å². The normalized spacial score (nSPS) is 19.0. The Morgan fingerprint density at radius 3 is 2.75 bits per heavy atom. The van der Waals surface area contributed by atoms with Crippen molar-refractivity contribution in [2.24, 2.45) is 0 Å². The zero-order chi connectivity index (χ0) is 5.82. The van der Waals surface area contributed by atoms with Crippen LogP contribution >= 0.6 is 0 Å². The molecule has 0 bridgehead atoms. The highest BCUT2D eigenvalue weighted by Gasteiger charge is 2.18. The van der Waals surface area contributed by atoms with E-state index in [9.17, 15) is 0 Å². The maximum Gasteiger partial charge on any atom is 0.0257 e. The number of allylic oxidation sites excluding steroid dienone is 1. The van der Waals surface area contributed by atoms with E-state index in [1.165, 1.54) is 19.1 Å². The maximum atomic E-state index is 6.62. The van der Waals surface area contributed by atoms with Gasteiger partial charge >= 0.3 is 0 Å². The smallest absolute Gasteiger partial charge is 0.0257 e. The van der Waals surface area contributed by atoms with Crippen molar-refractivity contribution in [3.8, 4) is 0 Å². The van der Waals surface area contributed by atoms with Crippen LogP contribution in [0.2, 0.25) is 0 Å². The molecule has 44 valence electrons. The minimum Gasteiger partial charge on any atom is -0.388 e. The summed E-state index contributed by atoms with van der Waals surface area (Å²) in [5.41, 5.74) is 0. The second-order valence-electron chi connectivity index (χ2n) is 1.97. The maximum absolute atomic E-state index is 6.62. The van der Waals surface area contributed by atoms with Crippen LogP contribution in [0.1, 0.15) is 12.8 Å². The first-order chi connectivity index (χ1) is 3.93. The summed E-state index contributed by atoms with van der Waals surface area (Å²) in [5, 5.41) is 9.74. The van der Waals surface area contributed by atoms with Crippen LogP contribution in [0.15, 0.2) is 12.3 Å². The molecule has 0 saturated heterocycles. The first-order valence-electron chi connectivity index (χ1n) is 2.85. The van der Waals surface area contributed by atoms with E-state index in [1.807, 2.05) is 6.20 Å². The molecule has 0 aromatic rings. The second kappa shape index (κ2) is 2.50. The topological polar surface area (TPSA) is 35.9 Å². The lowest BCUT2D eigenvalue weighted by atomic mass is 10.6. The van der Waals surface area contributed by atoms with Crippen LogP contribution in [0.4, 0.5) is 0 Å². The Morgan fingerprint density at radius 1 is 1.50 bits per heavy atom. The monoisotopic (exact) mass is 110 g/mol. The Hall–Kier alpha value is -0.790. The van der Waals surface area contributed by atoms with E-state index in [0.717, 1.165) is 0 Å². The van der Waals surface area contributed by atoms with Crippen molar-refractivity contribution in [1.82, 2.24) is 5.32 Å². The molecule has 1 rings (SSSR count). The Morgan fingerprint density at radius 2 is 2.25 bits per heavy atom. The van der Waals surface area contributed by atoms with Crippen LogP contribution in [0, 0.1) is 5.41 Å². The molecule has 0 unspecified atom stereocenters. The second-order valence-corrected chi connectivity index (χ2v) is 1.97. The van der Waals surface area contributed by atoms with Gasteiger partial charge in [0.05, 0.1) is 0 Å². The molecule has 0 heterocycles. The SMILES string of the molecule is N=C/C=C\NC1CC1. The average molecular weight is 110 g/mol. The fourth-order valence-electron chi connectivity index (χ4n) is 0.490. The molecular formula is C6H10N2. The van der Waals surface area contributed by atoms with Crippen LogP contribution in [-0.4, -0.2) is 12.3 Å². The van der Waals surface area contributed by atoms with Gasteiger partial charge < -0.3 is 10.7 Å². The van der Waals surface area contributed by atoms with Gasteiger partial charge in [0.2, 0.25) is 0 Å². The van der Waals surface area contributed by atoms with Gasteiger partial charge in [-0.3, -0.25) is 0 Å². The summed E-state index contributed by atoms with van der Waals surface area (Å²) in [6.07, 6.45) is 7.38. The van der Waals surface area contributed by atoms with E-state index < -0.39 is 0 Å². The lowest BCUT2D eigenvalue weighted by Crippen LogP contribution is -2.05. The Bertz CT molecular complexity index is 103. The van der Waals surface area contributed by atoms with Crippen molar-refractivity contribution < 1.29 is 0 Å². The third-order valence-corrected chi connectivity index (χ3v) is 1.10. The summed E-state index contributed by atoms with van der Waals surface area (Å²) in [6.45, 7) is 0. The minimum absolute atomic E-state index is 0.714. The molecule has 2 heteroatoms. The van der Waals surface area contributed by atoms with Gasteiger partial charge in [0.1, 0.15) is 0 Å². The fraction of sp³-hybridized carbons (Fsp3) is 0.500. The molecule has 1 saturated carbocycles. The predicted octanol–water partition coefficient (Wildman–Crippen LogP) is 0.902. The molecule has 0 spiro atoms. The molecule has 0 aromatic heterocycles. The van der Waals surface area contributed by atoms with E-state index in [-0.39, 0.29) is 0 Å². The molecule has 8 heavy (non-hydrogen) atoms. The van der Waals surface area contributed by atoms with Gasteiger partial charge in [-0.15, -0.1) is 0 Å². The van der Waals surface area contributed by atoms with Gasteiger partial charge in [0, 0.05) is 12.3 Å². The van der Waals surface area contributed by atoms with E-state index in [4.69, 9.17) is 5.41 Å². The average Bonchev–Trinajstić information content (AvgIpc) is 2.51. The lowest BCUT2D eigenvalue weighted by molar-refractivity contribution is 0.864. The van der Waals surface area contributed by atoms with Crippen molar-refractivity contribution in [3.05, 3.63) is 12.3 Å². The molecule has 0 amide bonds. The molecule has 1 aliphatic carbocycles. The molecule has 0 radical (unpaired) electrons. The number of rotatable bonds is 3. The van der Waals surface area contributed by atoms with Crippen LogP contribution in [0.5, 0.6) is 0 Å². The molecular weight excluding hydrogens is 100 g/mol. The standard InChI is InChI=1S/C6H10N2/c7-4-1-5-8-6-2-3-6/h1,4-8H,2-3H2/b5-1-,7-4?. The van der Waals surface area contributed by atoms with E-state index in [0.29, 0.717) is 6.04 Å². The first kappa shape index (κ1) is 5.35. The molecule has 0 atom stereocenters. The predicted molar refractivity (Wildman–Crippen MR) is 34.1 cm³/mol. The molecule has 0 aliphatic heterocycles. The number of hydrogen-bond donors (Lipinski definition) is 2. The van der Waals surface area contributed by atoms with Crippen molar-refractivity contribution in [2.75, 3.05) is 0 Å². The van der Waals surface area contributed by atoms with Gasteiger partial charge in [-0.2, -0.15) is 0 Å². The largest absolute Gasteiger partial charge is 0.388 e. The summed E-state index contributed by atoms with van der Waals surface area (Å²) >= 11 is 0. The third kappa shape index (κ3) is 1.78. The van der Waals surface area contributed by atoms with Crippen molar-refractivity contribution in [3.63, 3.8) is 0 Å². The van der Waals surface area contributed by atoms with Crippen LogP contribution in [0.3, 0.4) is 0 Å². The fourth-order valence-corrected chi connectivity index (χ4v) is 0.490. The summed E-state index contributed by atoms with van der Waals surface area (Å²) < 4.78 is 0. The van der Waals surface area contributed by atoms with Gasteiger partial charge in [-0.1, -0.05) is 0 Å². The van der Waals surface area contributed by atoms with E-state index >= 15 is 0 Å². The van der Waals surface area contributed by atoms with Gasteiger partial charge in [0.15, 0.2) is 0 Å². The summed E-state index contributed by atoms with van der Waals surface area (Å²) in [7, 11) is 0. The van der Waals surface area contributed by atoms with Gasteiger partial charge in [-0.05, 0) is 25.1 Å². The van der Waals surface area contributed by atoms with Crippen molar-refractivity contribution in [2.45, 2.75) is 18.9 Å². The molecule has 2 nitrogen and oxygen atoms in total. The highest BCUT2D eigenvalue weighted by atomic mass is 14.9. The summed E-state index contributed by atoms with van der Waals surface area (Å²) in [6, 6.07) is 0.714. The van der Waals surface area contributed by atoms with Gasteiger partial charge in [-0.25, -0.2) is 0 Å². The summed E-state index contributed by atoms with van der Waals surface area (Å²) in [5.74, 6) is 0. The van der Waals surface area contributed by atoms with Crippen LogP contribution in [-0.2, 0) is 0 Å². The number of nitrogens with one attached hydrogen (secondary N) is 2. The zero-order valence-corrected chi connectivity index (χ0v) is 4.72. The lowest BCUT2D eigenvalue weighted by Gasteiger charge is -1.89. The van der Waals surface area contributed by atoms with Gasteiger partial charge in [0.25, 0.3) is 0 Å². The molecule has 2 N–H and O–H groups in total. The quantitative estimate of drug-likeness (QED) is 0.520. The Labute approximate surface area is 49.1 Å². The zero-order valence-electron chi connectivity index (χ0n) is 4.72. The molecule has 0 aromatic carbocycles. The van der Waals surface area contributed by atoms with Crippen molar-refractivity contribution >= 4 is 6.21 Å². The molecule has 1 fully saturated rings. The van der Waals surface area contributed by atoms with E-state index in [1.54, 1.807) is 6.08 Å². The van der Waals surface area contributed by atoms with Crippen LogP contribution in [0.25, 0.3) is 0 Å². The minimum atomic E-state index is 0.714.